The molecule has 0 bridgehead atoms. The van der Waals surface area contributed by atoms with Gasteiger partial charge in [-0.2, -0.15) is 4.31 Å². The zero-order valence-corrected chi connectivity index (χ0v) is 11.7. The standard InChI is InChI=1S/C11H16N2O2S2/c1-8-4-6-10(7-5-8)17(14,15)13(3)9(2)11(12)16/h4-7,9H,1-3H3,(H2,12,16). The Balaban J connectivity index is 3.11. The first-order valence-electron chi connectivity index (χ1n) is 5.11. The molecule has 1 aromatic carbocycles. The molecule has 0 aliphatic heterocycles. The van der Waals surface area contributed by atoms with E-state index >= 15 is 0 Å². The molecule has 1 rings (SSSR count). The highest BCUT2D eigenvalue weighted by Crippen LogP contribution is 2.17. The van der Waals surface area contributed by atoms with E-state index in [1.54, 1.807) is 31.2 Å². The first-order chi connectivity index (χ1) is 7.76. The molecule has 0 heterocycles. The minimum absolute atomic E-state index is 0.156. The number of benzene rings is 1. The van der Waals surface area contributed by atoms with Crippen molar-refractivity contribution in [1.82, 2.24) is 4.31 Å². The summed E-state index contributed by atoms with van der Waals surface area (Å²) in [7, 11) is -2.06. The number of hydrogen-bond donors (Lipinski definition) is 1. The summed E-state index contributed by atoms with van der Waals surface area (Å²) in [5.41, 5.74) is 6.47. The van der Waals surface area contributed by atoms with Gasteiger partial charge < -0.3 is 5.73 Å². The second kappa shape index (κ2) is 5.12. The summed E-state index contributed by atoms with van der Waals surface area (Å²) in [6.07, 6.45) is 0. The van der Waals surface area contributed by atoms with Gasteiger partial charge in [-0.15, -0.1) is 0 Å². The molecule has 0 spiro atoms. The Kier molecular flexibility index (Phi) is 4.24. The number of likely N-dealkylation sites (N-methyl/N-ethyl adjacent to an activating group) is 1. The van der Waals surface area contributed by atoms with Gasteiger partial charge in [0.1, 0.15) is 0 Å². The van der Waals surface area contributed by atoms with E-state index in [0.717, 1.165) is 5.56 Å². The SMILES string of the molecule is Cc1ccc(S(=O)(=O)N(C)C(C)C(N)=S)cc1. The van der Waals surface area contributed by atoms with Gasteiger partial charge in [0.15, 0.2) is 0 Å². The maximum Gasteiger partial charge on any atom is 0.243 e. The van der Waals surface area contributed by atoms with Crippen molar-refractivity contribution in [3.8, 4) is 0 Å². The third kappa shape index (κ3) is 3.02. The summed E-state index contributed by atoms with van der Waals surface area (Å²) in [4.78, 5) is 0.400. The van der Waals surface area contributed by atoms with E-state index in [2.05, 4.69) is 0 Å². The van der Waals surface area contributed by atoms with Crippen molar-refractivity contribution in [2.24, 2.45) is 5.73 Å². The van der Waals surface area contributed by atoms with Crippen molar-refractivity contribution in [3.05, 3.63) is 29.8 Å². The van der Waals surface area contributed by atoms with Crippen LogP contribution in [0.3, 0.4) is 0 Å². The normalized spacial score (nSPS) is 13.6. The third-order valence-electron chi connectivity index (χ3n) is 2.66. The number of sulfonamides is 1. The summed E-state index contributed by atoms with van der Waals surface area (Å²) in [5, 5.41) is 0. The van der Waals surface area contributed by atoms with Crippen LogP contribution in [-0.4, -0.2) is 30.8 Å². The topological polar surface area (TPSA) is 63.4 Å². The fourth-order valence-corrected chi connectivity index (χ4v) is 2.83. The van der Waals surface area contributed by atoms with Crippen LogP contribution in [-0.2, 0) is 10.0 Å². The number of hydrogen-bond acceptors (Lipinski definition) is 3. The average Bonchev–Trinajstić information content (AvgIpc) is 2.27. The van der Waals surface area contributed by atoms with Crippen LogP contribution in [0.25, 0.3) is 0 Å². The Morgan fingerprint density at radius 2 is 1.82 bits per heavy atom. The molecule has 0 saturated carbocycles. The lowest BCUT2D eigenvalue weighted by atomic mass is 10.2. The summed E-state index contributed by atoms with van der Waals surface area (Å²) < 4.78 is 25.6. The summed E-state index contributed by atoms with van der Waals surface area (Å²) in [6.45, 7) is 3.56. The second-order valence-corrected chi connectivity index (χ2v) is 6.38. The minimum atomic E-state index is -3.53. The zero-order chi connectivity index (χ0) is 13.2. The van der Waals surface area contributed by atoms with Gasteiger partial charge in [0, 0.05) is 7.05 Å². The van der Waals surface area contributed by atoms with Crippen LogP contribution in [0.5, 0.6) is 0 Å². The van der Waals surface area contributed by atoms with Crippen molar-refractivity contribution < 1.29 is 8.42 Å². The molecule has 94 valence electrons. The van der Waals surface area contributed by atoms with E-state index in [1.807, 2.05) is 6.92 Å². The van der Waals surface area contributed by atoms with Gasteiger partial charge in [0.05, 0.1) is 15.9 Å². The molecule has 0 aromatic heterocycles. The van der Waals surface area contributed by atoms with Gasteiger partial charge in [0.25, 0.3) is 0 Å². The molecule has 1 aromatic rings. The Labute approximate surface area is 107 Å². The maximum atomic E-state index is 12.2. The summed E-state index contributed by atoms with van der Waals surface area (Å²) >= 11 is 4.81. The van der Waals surface area contributed by atoms with Crippen LogP contribution in [0, 0.1) is 6.92 Å². The van der Waals surface area contributed by atoms with Gasteiger partial charge in [-0.1, -0.05) is 29.9 Å². The van der Waals surface area contributed by atoms with E-state index in [9.17, 15) is 8.42 Å². The van der Waals surface area contributed by atoms with E-state index in [0.29, 0.717) is 0 Å². The highest BCUT2D eigenvalue weighted by atomic mass is 32.2. The Morgan fingerprint density at radius 3 is 2.24 bits per heavy atom. The van der Waals surface area contributed by atoms with Crippen LogP contribution in [0.1, 0.15) is 12.5 Å². The lowest BCUT2D eigenvalue weighted by Crippen LogP contribution is -2.42. The van der Waals surface area contributed by atoms with Crippen LogP contribution in [0.2, 0.25) is 0 Å². The molecular weight excluding hydrogens is 256 g/mol. The third-order valence-corrected chi connectivity index (χ3v) is 4.94. The monoisotopic (exact) mass is 272 g/mol. The largest absolute Gasteiger partial charge is 0.392 e. The van der Waals surface area contributed by atoms with E-state index < -0.39 is 16.1 Å². The molecule has 0 saturated heterocycles. The molecule has 0 amide bonds. The van der Waals surface area contributed by atoms with Crippen LogP contribution in [0.4, 0.5) is 0 Å². The summed E-state index contributed by atoms with van der Waals surface area (Å²) in [5.74, 6) is 0. The van der Waals surface area contributed by atoms with Crippen molar-refractivity contribution >= 4 is 27.2 Å². The smallest absolute Gasteiger partial charge is 0.243 e. The quantitative estimate of drug-likeness (QED) is 0.839. The Morgan fingerprint density at radius 1 is 1.35 bits per heavy atom. The van der Waals surface area contributed by atoms with Crippen molar-refractivity contribution in [1.29, 1.82) is 0 Å². The molecule has 17 heavy (non-hydrogen) atoms. The van der Waals surface area contributed by atoms with Gasteiger partial charge >= 0.3 is 0 Å². The molecule has 1 atom stereocenters. The van der Waals surface area contributed by atoms with E-state index in [4.69, 9.17) is 18.0 Å². The zero-order valence-electron chi connectivity index (χ0n) is 10.0. The highest BCUT2D eigenvalue weighted by molar-refractivity contribution is 7.89. The predicted octanol–water partition coefficient (Wildman–Crippen LogP) is 1.29. The number of rotatable bonds is 4. The fraction of sp³-hybridized carbons (Fsp3) is 0.364. The maximum absolute atomic E-state index is 12.2. The number of nitrogens with two attached hydrogens (primary N) is 1. The van der Waals surface area contributed by atoms with Crippen LogP contribution in [0.15, 0.2) is 29.2 Å². The first kappa shape index (κ1) is 14.1. The van der Waals surface area contributed by atoms with Gasteiger partial charge in [-0.05, 0) is 26.0 Å². The van der Waals surface area contributed by atoms with Crippen molar-refractivity contribution in [2.75, 3.05) is 7.05 Å². The Bertz CT molecular complexity index is 509. The highest BCUT2D eigenvalue weighted by Gasteiger charge is 2.26. The fourth-order valence-electron chi connectivity index (χ4n) is 1.26. The lowest BCUT2D eigenvalue weighted by Gasteiger charge is -2.23. The number of aryl methyl sites for hydroxylation is 1. The molecule has 6 heteroatoms. The molecular formula is C11H16N2O2S2. The number of thiocarbonyl (C=S) groups is 1. The predicted molar refractivity (Wildman–Crippen MR) is 72.4 cm³/mol. The van der Waals surface area contributed by atoms with Gasteiger partial charge in [-0.3, -0.25) is 0 Å². The lowest BCUT2D eigenvalue weighted by molar-refractivity contribution is 0.451. The van der Waals surface area contributed by atoms with Crippen molar-refractivity contribution in [3.63, 3.8) is 0 Å². The summed E-state index contributed by atoms with van der Waals surface area (Å²) in [6, 6.07) is 6.16. The molecule has 4 nitrogen and oxygen atoms in total. The number of nitrogens with zero attached hydrogens (tertiary/aromatic N) is 1. The molecule has 0 aliphatic rings. The Hall–Kier alpha value is -0.980. The van der Waals surface area contributed by atoms with Crippen LogP contribution >= 0.6 is 12.2 Å². The molecule has 1 unspecified atom stereocenters. The molecule has 2 N–H and O–H groups in total. The van der Waals surface area contributed by atoms with E-state index in [-0.39, 0.29) is 9.88 Å². The van der Waals surface area contributed by atoms with Gasteiger partial charge in [-0.25, -0.2) is 8.42 Å². The molecule has 0 fully saturated rings. The minimum Gasteiger partial charge on any atom is -0.392 e. The molecule has 0 aliphatic carbocycles. The second-order valence-electron chi connectivity index (χ2n) is 3.91. The van der Waals surface area contributed by atoms with Gasteiger partial charge in [0.2, 0.25) is 10.0 Å². The first-order valence-corrected chi connectivity index (χ1v) is 6.95. The average molecular weight is 272 g/mol. The molecule has 0 radical (unpaired) electrons. The van der Waals surface area contributed by atoms with E-state index in [1.165, 1.54) is 11.4 Å². The van der Waals surface area contributed by atoms with Crippen LogP contribution < -0.4 is 5.73 Å². The van der Waals surface area contributed by atoms with Crippen molar-refractivity contribution in [2.45, 2.75) is 24.8 Å².